The van der Waals surface area contributed by atoms with Gasteiger partial charge in [-0.05, 0) is 26.6 Å². The maximum Gasteiger partial charge on any atom is 0.334 e. The van der Waals surface area contributed by atoms with Gasteiger partial charge in [0.05, 0.1) is 0 Å². The number of carbonyl (C=O) groups is 1. The molecule has 0 fully saturated rings. The molecule has 0 rings (SSSR count). The molecule has 0 heterocycles. The van der Waals surface area contributed by atoms with Crippen molar-refractivity contribution in [3.8, 4) is 0 Å². The SMILES string of the molecule is CCOC(P=O)C(=O)O[Si](C)(C)C. The summed E-state index contributed by atoms with van der Waals surface area (Å²) in [4.78, 5) is 11.3. The van der Waals surface area contributed by atoms with Crippen molar-refractivity contribution in [1.29, 1.82) is 0 Å². The first-order valence-corrected chi connectivity index (χ1v) is 8.36. The van der Waals surface area contributed by atoms with Gasteiger partial charge in [0.1, 0.15) is 0 Å². The van der Waals surface area contributed by atoms with Crippen molar-refractivity contribution in [2.45, 2.75) is 32.4 Å². The molecule has 0 spiro atoms. The van der Waals surface area contributed by atoms with E-state index in [-0.39, 0.29) is 8.46 Å². The van der Waals surface area contributed by atoms with E-state index in [9.17, 15) is 9.36 Å². The summed E-state index contributed by atoms with van der Waals surface area (Å²) in [5.74, 6) is -1.49. The molecule has 1 atom stereocenters. The number of rotatable bonds is 5. The quantitative estimate of drug-likeness (QED) is 0.527. The molecule has 0 aliphatic heterocycles. The Bertz CT molecular complexity index is 189. The third kappa shape index (κ3) is 5.91. The lowest BCUT2D eigenvalue weighted by molar-refractivity contribution is -0.142. The minimum atomic E-state index is -1.90. The molecule has 0 radical (unpaired) electrons. The highest BCUT2D eigenvalue weighted by molar-refractivity contribution is 7.26. The molecule has 0 aromatic heterocycles. The number of hydrogen-bond acceptors (Lipinski definition) is 4. The molecule has 6 heteroatoms. The Labute approximate surface area is 80.9 Å². The molecule has 0 saturated heterocycles. The van der Waals surface area contributed by atoms with Gasteiger partial charge in [-0.15, -0.1) is 0 Å². The lowest BCUT2D eigenvalue weighted by atomic mass is 10.7. The second-order valence-electron chi connectivity index (χ2n) is 3.45. The molecule has 0 aliphatic rings. The van der Waals surface area contributed by atoms with Crippen LogP contribution in [0.3, 0.4) is 0 Å². The fourth-order valence-electron chi connectivity index (χ4n) is 0.652. The molecule has 0 saturated carbocycles. The van der Waals surface area contributed by atoms with Gasteiger partial charge in [-0.25, -0.2) is 4.79 Å². The van der Waals surface area contributed by atoms with Crippen molar-refractivity contribution in [1.82, 2.24) is 0 Å². The number of carbonyl (C=O) groups excluding carboxylic acids is 1. The number of hydrogen-bond donors (Lipinski definition) is 0. The third-order valence-electron chi connectivity index (χ3n) is 1.03. The lowest BCUT2D eigenvalue weighted by Crippen LogP contribution is -2.34. The first kappa shape index (κ1) is 12.7. The van der Waals surface area contributed by atoms with Crippen LogP contribution in [0.1, 0.15) is 6.92 Å². The minimum Gasteiger partial charge on any atom is -0.517 e. The fourth-order valence-corrected chi connectivity index (χ4v) is 1.81. The molecule has 13 heavy (non-hydrogen) atoms. The van der Waals surface area contributed by atoms with Crippen LogP contribution < -0.4 is 0 Å². The normalized spacial score (nSPS) is 14.2. The van der Waals surface area contributed by atoms with Crippen LogP contribution >= 0.6 is 8.46 Å². The van der Waals surface area contributed by atoms with Gasteiger partial charge in [0.2, 0.25) is 14.2 Å². The van der Waals surface area contributed by atoms with E-state index in [1.807, 2.05) is 19.6 Å². The van der Waals surface area contributed by atoms with E-state index < -0.39 is 20.1 Å². The van der Waals surface area contributed by atoms with Crippen molar-refractivity contribution in [2.24, 2.45) is 0 Å². The van der Waals surface area contributed by atoms with E-state index in [1.54, 1.807) is 6.92 Å². The van der Waals surface area contributed by atoms with Crippen LogP contribution in [0.5, 0.6) is 0 Å². The monoisotopic (exact) mass is 222 g/mol. The molecule has 0 bridgehead atoms. The summed E-state index contributed by atoms with van der Waals surface area (Å²) in [7, 11) is -2.24. The topological polar surface area (TPSA) is 52.6 Å². The van der Waals surface area contributed by atoms with Crippen LogP contribution in [-0.2, 0) is 18.5 Å². The van der Waals surface area contributed by atoms with Gasteiger partial charge in [0, 0.05) is 6.61 Å². The van der Waals surface area contributed by atoms with Gasteiger partial charge in [-0.3, -0.25) is 4.57 Å². The summed E-state index contributed by atoms with van der Waals surface area (Å²) in [5.41, 5.74) is 0. The first-order valence-electron chi connectivity index (χ1n) is 4.07. The Kier molecular flexibility index (Phi) is 5.36. The molecule has 0 aromatic carbocycles. The van der Waals surface area contributed by atoms with Crippen LogP contribution in [0, 0.1) is 0 Å². The number of ether oxygens (including phenoxy) is 1. The predicted octanol–water partition coefficient (Wildman–Crippen LogP) is 2.02. The van der Waals surface area contributed by atoms with E-state index in [1.165, 1.54) is 0 Å². The molecule has 1 unspecified atom stereocenters. The molecule has 4 nitrogen and oxygen atoms in total. The van der Waals surface area contributed by atoms with E-state index in [4.69, 9.17) is 9.16 Å². The molecule has 0 aliphatic carbocycles. The maximum atomic E-state index is 11.3. The van der Waals surface area contributed by atoms with Crippen molar-refractivity contribution < 1.29 is 18.5 Å². The van der Waals surface area contributed by atoms with Crippen LogP contribution in [-0.4, -0.2) is 26.7 Å². The van der Waals surface area contributed by atoms with Gasteiger partial charge in [0.25, 0.3) is 0 Å². The van der Waals surface area contributed by atoms with Gasteiger partial charge >= 0.3 is 5.97 Å². The van der Waals surface area contributed by atoms with Gasteiger partial charge < -0.3 is 9.16 Å². The maximum absolute atomic E-state index is 11.3. The van der Waals surface area contributed by atoms with Crippen molar-refractivity contribution in [3.63, 3.8) is 0 Å². The Morgan fingerprint density at radius 1 is 1.46 bits per heavy atom. The summed E-state index contributed by atoms with van der Waals surface area (Å²) < 4.78 is 20.5. The summed E-state index contributed by atoms with van der Waals surface area (Å²) in [6.07, 6.45) is 0. The van der Waals surface area contributed by atoms with E-state index in [0.29, 0.717) is 6.61 Å². The largest absolute Gasteiger partial charge is 0.517 e. The molecular weight excluding hydrogens is 207 g/mol. The van der Waals surface area contributed by atoms with Crippen molar-refractivity contribution >= 4 is 22.7 Å². The van der Waals surface area contributed by atoms with Crippen LogP contribution in [0.15, 0.2) is 0 Å². The second kappa shape index (κ2) is 5.47. The second-order valence-corrected chi connectivity index (χ2v) is 8.56. The Morgan fingerprint density at radius 3 is 2.31 bits per heavy atom. The minimum absolute atomic E-state index is 0.342. The fraction of sp³-hybridized carbons (Fsp3) is 0.857. The highest BCUT2D eigenvalue weighted by Crippen LogP contribution is 2.13. The molecule has 76 valence electrons. The summed E-state index contributed by atoms with van der Waals surface area (Å²) in [5, 5.41) is 0. The molecule has 0 amide bonds. The zero-order chi connectivity index (χ0) is 10.5. The van der Waals surface area contributed by atoms with Gasteiger partial charge in [0.15, 0.2) is 8.46 Å². The average Bonchev–Trinajstić information content (AvgIpc) is 1.96. The van der Waals surface area contributed by atoms with E-state index >= 15 is 0 Å². The van der Waals surface area contributed by atoms with Crippen molar-refractivity contribution in [2.75, 3.05) is 6.61 Å². The van der Waals surface area contributed by atoms with Gasteiger partial charge in [-0.1, -0.05) is 0 Å². The zero-order valence-corrected chi connectivity index (χ0v) is 10.3. The zero-order valence-electron chi connectivity index (χ0n) is 8.36. The van der Waals surface area contributed by atoms with E-state index in [2.05, 4.69) is 0 Å². The average molecular weight is 222 g/mol. The van der Waals surface area contributed by atoms with E-state index in [0.717, 1.165) is 0 Å². The molecule has 0 aromatic rings. The summed E-state index contributed by atoms with van der Waals surface area (Å²) in [6.45, 7) is 7.74. The van der Waals surface area contributed by atoms with Crippen LogP contribution in [0.2, 0.25) is 19.6 Å². The van der Waals surface area contributed by atoms with Crippen molar-refractivity contribution in [3.05, 3.63) is 0 Å². The third-order valence-corrected chi connectivity index (χ3v) is 2.39. The predicted molar refractivity (Wildman–Crippen MR) is 52.5 cm³/mol. The highest BCUT2D eigenvalue weighted by atomic mass is 31.1. The highest BCUT2D eigenvalue weighted by Gasteiger charge is 2.27. The summed E-state index contributed by atoms with van der Waals surface area (Å²) >= 11 is 0. The Morgan fingerprint density at radius 2 is 2.00 bits per heavy atom. The Hall–Kier alpha value is -0.253. The molecule has 0 N–H and O–H groups in total. The smallest absolute Gasteiger partial charge is 0.334 e. The van der Waals surface area contributed by atoms with Crippen LogP contribution in [0.25, 0.3) is 0 Å². The summed E-state index contributed by atoms with van der Waals surface area (Å²) in [6, 6.07) is 0. The standard InChI is InChI=1S/C7H15O4PSi/c1-5-10-7(12-9)6(8)11-13(2,3)4/h7H,5H2,1-4H3. The molecular formula is C7H15O4PSi. The Balaban J connectivity index is 4.14. The first-order chi connectivity index (χ1) is 5.90. The van der Waals surface area contributed by atoms with Gasteiger partial charge in [-0.2, -0.15) is 0 Å². The lowest BCUT2D eigenvalue weighted by Gasteiger charge is -2.19. The van der Waals surface area contributed by atoms with Crippen LogP contribution in [0.4, 0.5) is 0 Å².